The topological polar surface area (TPSA) is 84.9 Å². The lowest BCUT2D eigenvalue weighted by atomic mass is 9.85. The monoisotopic (exact) mass is 299 g/mol. The van der Waals surface area contributed by atoms with Crippen molar-refractivity contribution in [2.75, 3.05) is 26.4 Å². The van der Waals surface area contributed by atoms with Gasteiger partial charge in [0.25, 0.3) is 0 Å². The number of nitrogens with one attached hydrogen (secondary N) is 1. The molecule has 0 bridgehead atoms. The Kier molecular flexibility index (Phi) is 5.35. The summed E-state index contributed by atoms with van der Waals surface area (Å²) in [6, 6.07) is -0.713. The SMILES string of the molecule is CC1(C(=O)O)COCC1NC(=O)CCOCC(F)(F)F. The van der Waals surface area contributed by atoms with E-state index < -0.39 is 36.1 Å². The second-order valence-electron chi connectivity index (χ2n) is 4.78. The number of hydrogen-bond acceptors (Lipinski definition) is 4. The minimum Gasteiger partial charge on any atom is -0.481 e. The number of alkyl halides is 3. The fourth-order valence-corrected chi connectivity index (χ4v) is 1.70. The van der Waals surface area contributed by atoms with Crippen LogP contribution in [0.15, 0.2) is 0 Å². The molecule has 1 aliphatic rings. The van der Waals surface area contributed by atoms with Crippen LogP contribution in [0.1, 0.15) is 13.3 Å². The fourth-order valence-electron chi connectivity index (χ4n) is 1.70. The van der Waals surface area contributed by atoms with Crippen LogP contribution in [0.4, 0.5) is 13.2 Å². The Balaban J connectivity index is 2.34. The molecule has 2 unspecified atom stereocenters. The lowest BCUT2D eigenvalue weighted by Gasteiger charge is -2.25. The van der Waals surface area contributed by atoms with Gasteiger partial charge in [0, 0.05) is 6.42 Å². The molecular weight excluding hydrogens is 283 g/mol. The van der Waals surface area contributed by atoms with E-state index in [1.54, 1.807) is 0 Å². The minimum absolute atomic E-state index is 0.0299. The summed E-state index contributed by atoms with van der Waals surface area (Å²) in [6.45, 7) is -0.342. The van der Waals surface area contributed by atoms with Crippen LogP contribution in [0, 0.1) is 5.41 Å². The molecule has 1 saturated heterocycles. The summed E-state index contributed by atoms with van der Waals surface area (Å²) in [5.41, 5.74) is -1.23. The van der Waals surface area contributed by atoms with Gasteiger partial charge in [-0.3, -0.25) is 9.59 Å². The smallest absolute Gasteiger partial charge is 0.411 e. The molecule has 1 amide bonds. The molecule has 6 nitrogen and oxygen atoms in total. The molecular formula is C11H16F3NO5. The Bertz CT molecular complexity index is 374. The van der Waals surface area contributed by atoms with Gasteiger partial charge in [-0.2, -0.15) is 13.2 Å². The van der Waals surface area contributed by atoms with Crippen molar-refractivity contribution in [2.24, 2.45) is 5.41 Å². The molecule has 0 saturated carbocycles. The van der Waals surface area contributed by atoms with Crippen molar-refractivity contribution in [3.63, 3.8) is 0 Å². The number of aliphatic carboxylic acids is 1. The van der Waals surface area contributed by atoms with Crippen LogP contribution in [0.2, 0.25) is 0 Å². The first-order valence-corrected chi connectivity index (χ1v) is 5.90. The highest BCUT2D eigenvalue weighted by atomic mass is 19.4. The Morgan fingerprint density at radius 2 is 2.15 bits per heavy atom. The predicted octanol–water partition coefficient (Wildman–Crippen LogP) is 0.561. The zero-order valence-electron chi connectivity index (χ0n) is 10.8. The van der Waals surface area contributed by atoms with Crippen LogP contribution in [-0.2, 0) is 19.1 Å². The number of ether oxygens (including phenoxy) is 2. The van der Waals surface area contributed by atoms with E-state index in [1.807, 2.05) is 0 Å². The Labute approximate surface area is 113 Å². The van der Waals surface area contributed by atoms with E-state index >= 15 is 0 Å². The van der Waals surface area contributed by atoms with Gasteiger partial charge in [-0.1, -0.05) is 0 Å². The number of carboxylic acid groups (broad SMARTS) is 1. The molecule has 1 heterocycles. The maximum Gasteiger partial charge on any atom is 0.411 e. The Morgan fingerprint density at radius 3 is 2.70 bits per heavy atom. The van der Waals surface area contributed by atoms with E-state index in [1.165, 1.54) is 6.92 Å². The minimum atomic E-state index is -4.43. The summed E-state index contributed by atoms with van der Waals surface area (Å²) in [6.07, 6.45) is -4.71. The van der Waals surface area contributed by atoms with E-state index in [9.17, 15) is 22.8 Å². The molecule has 0 aromatic rings. The molecule has 1 rings (SSSR count). The summed E-state index contributed by atoms with van der Waals surface area (Å²) in [5, 5.41) is 11.5. The number of carbonyl (C=O) groups excluding carboxylic acids is 1. The molecule has 1 fully saturated rings. The summed E-state index contributed by atoms with van der Waals surface area (Å²) >= 11 is 0. The van der Waals surface area contributed by atoms with Gasteiger partial charge in [-0.15, -0.1) is 0 Å². The molecule has 0 aliphatic carbocycles. The second kappa shape index (κ2) is 6.40. The van der Waals surface area contributed by atoms with Gasteiger partial charge in [0.2, 0.25) is 5.91 Å². The van der Waals surface area contributed by atoms with Gasteiger partial charge < -0.3 is 19.9 Å². The Morgan fingerprint density at radius 1 is 1.50 bits per heavy atom. The third-order valence-electron chi connectivity index (χ3n) is 3.02. The highest BCUT2D eigenvalue weighted by molar-refractivity contribution is 5.80. The molecule has 0 aromatic heterocycles. The van der Waals surface area contributed by atoms with Crippen LogP contribution in [-0.4, -0.2) is 55.6 Å². The van der Waals surface area contributed by atoms with Crippen LogP contribution in [0.25, 0.3) is 0 Å². The van der Waals surface area contributed by atoms with Crippen molar-refractivity contribution in [2.45, 2.75) is 25.6 Å². The molecule has 9 heteroatoms. The standard InChI is InChI=1S/C11H16F3NO5/c1-10(9(17)18)5-20-4-7(10)15-8(16)2-3-19-6-11(12,13)14/h7H,2-6H2,1H3,(H,15,16)(H,17,18). The average Bonchev–Trinajstić information content (AvgIpc) is 2.67. The molecule has 116 valence electrons. The van der Waals surface area contributed by atoms with Crippen molar-refractivity contribution in [3.05, 3.63) is 0 Å². The number of carbonyl (C=O) groups is 2. The second-order valence-corrected chi connectivity index (χ2v) is 4.78. The Hall–Kier alpha value is -1.35. The van der Waals surface area contributed by atoms with Gasteiger partial charge in [0.15, 0.2) is 0 Å². The normalized spacial score (nSPS) is 26.5. The summed E-state index contributed by atoms with van der Waals surface area (Å²) < 4.78 is 44.7. The first-order chi connectivity index (χ1) is 9.15. The first-order valence-electron chi connectivity index (χ1n) is 5.90. The molecule has 0 aromatic carbocycles. The largest absolute Gasteiger partial charge is 0.481 e. The van der Waals surface area contributed by atoms with Gasteiger partial charge in [-0.25, -0.2) is 0 Å². The van der Waals surface area contributed by atoms with E-state index in [2.05, 4.69) is 10.1 Å². The average molecular weight is 299 g/mol. The maximum absolute atomic E-state index is 11.8. The number of amides is 1. The molecule has 2 atom stereocenters. The highest BCUT2D eigenvalue weighted by Crippen LogP contribution is 2.28. The molecule has 2 N–H and O–H groups in total. The van der Waals surface area contributed by atoms with Crippen LogP contribution in [0.3, 0.4) is 0 Å². The summed E-state index contributed by atoms with van der Waals surface area (Å²) in [4.78, 5) is 22.6. The highest BCUT2D eigenvalue weighted by Gasteiger charge is 2.47. The van der Waals surface area contributed by atoms with Gasteiger partial charge >= 0.3 is 12.1 Å². The van der Waals surface area contributed by atoms with Crippen molar-refractivity contribution >= 4 is 11.9 Å². The van der Waals surface area contributed by atoms with Crippen molar-refractivity contribution in [1.82, 2.24) is 5.32 Å². The molecule has 0 radical (unpaired) electrons. The van der Waals surface area contributed by atoms with Gasteiger partial charge in [-0.05, 0) is 6.92 Å². The first kappa shape index (κ1) is 16.7. The zero-order chi connectivity index (χ0) is 15.4. The van der Waals surface area contributed by atoms with Crippen LogP contribution < -0.4 is 5.32 Å². The van der Waals surface area contributed by atoms with Crippen molar-refractivity contribution in [3.8, 4) is 0 Å². The maximum atomic E-state index is 11.8. The predicted molar refractivity (Wildman–Crippen MR) is 60.0 cm³/mol. The number of halogens is 3. The third-order valence-corrected chi connectivity index (χ3v) is 3.02. The lowest BCUT2D eigenvalue weighted by molar-refractivity contribution is -0.174. The van der Waals surface area contributed by atoms with Crippen LogP contribution in [0.5, 0.6) is 0 Å². The fraction of sp³-hybridized carbons (Fsp3) is 0.818. The van der Waals surface area contributed by atoms with Crippen LogP contribution >= 0.6 is 0 Å². The molecule has 1 aliphatic heterocycles. The molecule has 20 heavy (non-hydrogen) atoms. The zero-order valence-corrected chi connectivity index (χ0v) is 10.8. The van der Waals surface area contributed by atoms with Gasteiger partial charge in [0.05, 0.1) is 25.9 Å². The van der Waals surface area contributed by atoms with Crippen molar-refractivity contribution in [1.29, 1.82) is 0 Å². The van der Waals surface area contributed by atoms with E-state index in [4.69, 9.17) is 9.84 Å². The third kappa shape index (κ3) is 4.64. The van der Waals surface area contributed by atoms with Gasteiger partial charge in [0.1, 0.15) is 12.0 Å². The molecule has 0 spiro atoms. The van der Waals surface area contributed by atoms with Crippen molar-refractivity contribution < 1.29 is 37.3 Å². The number of rotatable bonds is 6. The lowest BCUT2D eigenvalue weighted by Crippen LogP contribution is -2.49. The quantitative estimate of drug-likeness (QED) is 0.700. The van der Waals surface area contributed by atoms with E-state index in [-0.39, 0.29) is 26.2 Å². The number of hydrogen-bond donors (Lipinski definition) is 2. The van der Waals surface area contributed by atoms with E-state index in [0.717, 1.165) is 0 Å². The van der Waals surface area contributed by atoms with E-state index in [0.29, 0.717) is 0 Å². The number of carboxylic acids is 1. The summed E-state index contributed by atoms with van der Waals surface area (Å²) in [7, 11) is 0. The summed E-state index contributed by atoms with van der Waals surface area (Å²) in [5.74, 6) is -1.68.